The smallest absolute Gasteiger partial charge is 0.351 e. The maximum Gasteiger partial charge on any atom is 0.435 e. The van der Waals surface area contributed by atoms with Gasteiger partial charge in [-0.25, -0.2) is 9.97 Å². The number of halogens is 3. The molecule has 4 N–H and O–H groups in total. The van der Waals surface area contributed by atoms with Gasteiger partial charge in [-0.05, 0) is 43.1 Å². The highest BCUT2D eigenvalue weighted by molar-refractivity contribution is 5.98. The van der Waals surface area contributed by atoms with Crippen molar-refractivity contribution < 1.29 is 22.8 Å². The van der Waals surface area contributed by atoms with E-state index in [1.165, 1.54) is 23.0 Å². The van der Waals surface area contributed by atoms with E-state index in [-0.39, 0.29) is 53.7 Å². The highest BCUT2D eigenvalue weighted by atomic mass is 19.4. The second kappa shape index (κ2) is 11.9. The van der Waals surface area contributed by atoms with E-state index < -0.39 is 11.9 Å². The lowest BCUT2D eigenvalue weighted by Gasteiger charge is -2.14. The van der Waals surface area contributed by atoms with E-state index in [4.69, 9.17) is 5.26 Å². The zero-order valence-electron chi connectivity index (χ0n) is 22.5. The zero-order chi connectivity index (χ0) is 29.9. The molecular weight excluding hydrogens is 553 g/mol. The third-order valence-electron chi connectivity index (χ3n) is 6.80. The molecule has 5 rings (SSSR count). The van der Waals surface area contributed by atoms with E-state index in [0.29, 0.717) is 29.8 Å². The minimum atomic E-state index is -4.74. The van der Waals surface area contributed by atoms with Crippen molar-refractivity contribution in [2.45, 2.75) is 38.5 Å². The molecule has 3 aromatic heterocycles. The fraction of sp³-hybridized carbons (Fsp3) is 0.333. The number of nitrogens with zero attached hydrogens (tertiary/aromatic N) is 6. The lowest BCUT2D eigenvalue weighted by atomic mass is 10.0. The topological polar surface area (TPSA) is 154 Å². The van der Waals surface area contributed by atoms with Gasteiger partial charge in [-0.15, -0.1) is 0 Å². The summed E-state index contributed by atoms with van der Waals surface area (Å²) in [5, 5.41) is 24.3. The van der Waals surface area contributed by atoms with E-state index in [2.05, 4.69) is 36.3 Å². The van der Waals surface area contributed by atoms with E-state index in [9.17, 15) is 22.8 Å². The number of nitriles is 1. The average Bonchev–Trinajstić information content (AvgIpc) is 3.72. The summed E-state index contributed by atoms with van der Waals surface area (Å²) in [7, 11) is 0. The number of amides is 2. The average molecular weight is 581 g/mol. The van der Waals surface area contributed by atoms with Crippen LogP contribution in [0.15, 0.2) is 43.0 Å². The Morgan fingerprint density at radius 3 is 2.81 bits per heavy atom. The van der Waals surface area contributed by atoms with Crippen LogP contribution in [0.1, 0.15) is 35.0 Å². The van der Waals surface area contributed by atoms with Crippen molar-refractivity contribution in [1.82, 2.24) is 40.1 Å². The first kappa shape index (κ1) is 28.6. The van der Waals surface area contributed by atoms with Gasteiger partial charge in [0.05, 0.1) is 30.1 Å². The Labute approximate surface area is 237 Å². The molecule has 1 atom stereocenters. The zero-order valence-corrected chi connectivity index (χ0v) is 22.5. The summed E-state index contributed by atoms with van der Waals surface area (Å²) in [4.78, 5) is 33.6. The fourth-order valence-corrected chi connectivity index (χ4v) is 4.81. The molecule has 15 heteroatoms. The van der Waals surface area contributed by atoms with Crippen molar-refractivity contribution in [3.05, 3.63) is 59.8 Å². The van der Waals surface area contributed by atoms with Crippen molar-refractivity contribution >= 4 is 29.0 Å². The van der Waals surface area contributed by atoms with Crippen molar-refractivity contribution in [2.75, 3.05) is 25.0 Å². The molecule has 0 spiro atoms. The number of carbonyl (C=O) groups is 2. The van der Waals surface area contributed by atoms with Gasteiger partial charge in [0.25, 0.3) is 5.91 Å². The number of aromatic nitrogens is 5. The molecule has 0 unspecified atom stereocenters. The summed E-state index contributed by atoms with van der Waals surface area (Å²) >= 11 is 0. The maximum atomic E-state index is 13.7. The van der Waals surface area contributed by atoms with E-state index in [1.807, 2.05) is 6.92 Å². The number of imidazole rings is 1. The number of hydrogen-bond donors (Lipinski definition) is 4. The van der Waals surface area contributed by atoms with Gasteiger partial charge in [0.15, 0.2) is 17.2 Å². The lowest BCUT2D eigenvalue weighted by Crippen LogP contribution is -2.42. The number of benzene rings is 1. The third-order valence-corrected chi connectivity index (χ3v) is 6.80. The number of alkyl halides is 3. The molecule has 4 aromatic rings. The quantitative estimate of drug-likeness (QED) is 0.236. The Balaban J connectivity index is 1.35. The minimum Gasteiger partial charge on any atom is -0.351 e. The number of carbonyl (C=O) groups excluding carboxylic acids is 2. The summed E-state index contributed by atoms with van der Waals surface area (Å²) in [5.41, 5.74) is 0.756. The SMILES string of the molecule is CCc1cc(Nc2nccn3c(-c4cn(CC#N)nc4C(F)(F)F)cnc23)ccc1C(=O)NCC(=O)N[C@H]1CCNC1. The number of aryl methyl sites for hydroxylation is 1. The van der Waals surface area contributed by atoms with Crippen LogP contribution >= 0.6 is 0 Å². The molecule has 0 bridgehead atoms. The first-order chi connectivity index (χ1) is 20.2. The van der Waals surface area contributed by atoms with Crippen LogP contribution in [0, 0.1) is 11.3 Å². The molecule has 4 heterocycles. The van der Waals surface area contributed by atoms with Crippen LogP contribution in [0.3, 0.4) is 0 Å². The number of hydrogen-bond acceptors (Lipinski definition) is 8. The molecule has 1 aliphatic heterocycles. The predicted molar refractivity (Wildman–Crippen MR) is 146 cm³/mol. The molecule has 0 radical (unpaired) electrons. The van der Waals surface area contributed by atoms with Crippen molar-refractivity contribution in [3.8, 4) is 17.3 Å². The molecule has 1 aromatic carbocycles. The Hall–Kier alpha value is -4.97. The molecule has 0 aliphatic carbocycles. The number of rotatable bonds is 9. The largest absolute Gasteiger partial charge is 0.435 e. The van der Waals surface area contributed by atoms with Gasteiger partial charge in [-0.1, -0.05) is 6.92 Å². The van der Waals surface area contributed by atoms with Crippen LogP contribution in [0.5, 0.6) is 0 Å². The van der Waals surface area contributed by atoms with E-state index in [1.54, 1.807) is 24.3 Å². The lowest BCUT2D eigenvalue weighted by molar-refractivity contribution is -0.141. The number of nitrogens with one attached hydrogen (secondary N) is 4. The van der Waals surface area contributed by atoms with Crippen LogP contribution in [0.25, 0.3) is 16.9 Å². The fourth-order valence-electron chi connectivity index (χ4n) is 4.81. The van der Waals surface area contributed by atoms with Crippen LogP contribution in [-0.4, -0.2) is 61.6 Å². The second-order valence-corrected chi connectivity index (χ2v) is 9.65. The minimum absolute atomic E-state index is 0.0585. The van der Waals surface area contributed by atoms with Gasteiger partial charge in [0, 0.05) is 42.4 Å². The Kier molecular flexibility index (Phi) is 8.07. The first-order valence-corrected chi connectivity index (χ1v) is 13.2. The first-order valence-electron chi connectivity index (χ1n) is 13.2. The summed E-state index contributed by atoms with van der Waals surface area (Å²) < 4.78 is 43.6. The molecule has 2 amide bonds. The molecule has 218 valence electrons. The Morgan fingerprint density at radius 1 is 1.26 bits per heavy atom. The predicted octanol–water partition coefficient (Wildman–Crippen LogP) is 2.65. The summed E-state index contributed by atoms with van der Waals surface area (Å²) in [5.74, 6) is -0.362. The molecule has 1 fully saturated rings. The van der Waals surface area contributed by atoms with Crippen LogP contribution in [-0.2, 0) is 23.9 Å². The molecular formula is C27H27F3N10O2. The van der Waals surface area contributed by atoms with Gasteiger partial charge in [0.1, 0.15) is 6.54 Å². The Morgan fingerprint density at radius 2 is 2.10 bits per heavy atom. The highest BCUT2D eigenvalue weighted by Gasteiger charge is 2.38. The number of fused-ring (bicyclic) bond motifs is 1. The standard InChI is InChI=1S/C27H27F3N10O2/c1-2-16-11-17(3-4-19(16)26(42)35-14-22(41)36-18-5-7-32-12-18)37-24-25-34-13-21(40(25)10-8-33-24)20-15-39(9-6-31)38-23(20)27(28,29)30/h3-4,8,10-11,13,15,18,32H,2,5,7,9,12,14H2,1H3,(H,33,37)(H,35,42)(H,36,41)/t18-/m0/s1. The number of anilines is 2. The molecule has 1 saturated heterocycles. The van der Waals surface area contributed by atoms with Crippen LogP contribution in [0.4, 0.5) is 24.7 Å². The van der Waals surface area contributed by atoms with Crippen molar-refractivity contribution in [2.24, 2.45) is 0 Å². The van der Waals surface area contributed by atoms with Crippen LogP contribution < -0.4 is 21.3 Å². The summed E-state index contributed by atoms with van der Waals surface area (Å²) in [6.07, 6.45) is 1.98. The third kappa shape index (κ3) is 6.03. The molecule has 0 saturated carbocycles. The van der Waals surface area contributed by atoms with Gasteiger partial charge >= 0.3 is 6.18 Å². The molecule has 42 heavy (non-hydrogen) atoms. The summed E-state index contributed by atoms with van der Waals surface area (Å²) in [6.45, 7) is 2.96. The van der Waals surface area contributed by atoms with E-state index >= 15 is 0 Å². The van der Waals surface area contributed by atoms with E-state index in [0.717, 1.165) is 23.8 Å². The second-order valence-electron chi connectivity index (χ2n) is 9.65. The van der Waals surface area contributed by atoms with Gasteiger partial charge < -0.3 is 21.3 Å². The summed E-state index contributed by atoms with van der Waals surface area (Å²) in [6, 6.07) is 6.91. The van der Waals surface area contributed by atoms with Gasteiger partial charge in [-0.2, -0.15) is 23.5 Å². The normalized spacial score (nSPS) is 15.0. The highest BCUT2D eigenvalue weighted by Crippen LogP contribution is 2.37. The maximum absolute atomic E-state index is 13.7. The van der Waals surface area contributed by atoms with Gasteiger partial charge in [0.2, 0.25) is 5.91 Å². The monoisotopic (exact) mass is 580 g/mol. The van der Waals surface area contributed by atoms with Gasteiger partial charge in [-0.3, -0.25) is 18.7 Å². The molecule has 1 aliphatic rings. The molecule has 12 nitrogen and oxygen atoms in total. The van der Waals surface area contributed by atoms with Crippen molar-refractivity contribution in [1.29, 1.82) is 5.26 Å². The van der Waals surface area contributed by atoms with Crippen molar-refractivity contribution in [3.63, 3.8) is 0 Å². The Bertz CT molecular complexity index is 1660. The van der Waals surface area contributed by atoms with Crippen LogP contribution in [0.2, 0.25) is 0 Å².